The zero-order chi connectivity index (χ0) is 20.9. The van der Waals surface area contributed by atoms with Crippen molar-refractivity contribution in [3.8, 4) is 0 Å². The fourth-order valence-corrected chi connectivity index (χ4v) is 27.7. The lowest BCUT2D eigenvalue weighted by molar-refractivity contribution is 1.71. The molecule has 0 bridgehead atoms. The van der Waals surface area contributed by atoms with Crippen molar-refractivity contribution in [3.05, 3.63) is 121 Å². The first-order valence-electron chi connectivity index (χ1n) is 10.2. The van der Waals surface area contributed by atoms with Crippen LogP contribution in [0, 0.1) is 0 Å². The maximum absolute atomic E-state index is 2.50. The number of benzene rings is 4. The van der Waals surface area contributed by atoms with Crippen molar-refractivity contribution < 1.29 is 0 Å². The maximum atomic E-state index is 2.50. The summed E-state index contributed by atoms with van der Waals surface area (Å²) in [5.74, 6) is 0. The van der Waals surface area contributed by atoms with Crippen LogP contribution in [-0.2, 0) is 0 Å². The molecule has 0 saturated heterocycles. The third-order valence-electron chi connectivity index (χ3n) is 5.67. The Labute approximate surface area is 189 Å². The zero-order valence-corrected chi connectivity index (χ0v) is 21.0. The Kier molecular flexibility index (Phi) is 6.69. The van der Waals surface area contributed by atoms with Gasteiger partial charge in [0.15, 0.2) is 14.4 Å². The van der Waals surface area contributed by atoms with Crippen LogP contribution in [-0.4, -0.2) is 14.4 Å². The molecule has 4 aromatic carbocycles. The Morgan fingerprint density at radius 1 is 0.367 bits per heavy atom. The molecule has 4 rings (SSSR count). The van der Waals surface area contributed by atoms with Crippen LogP contribution in [0.5, 0.6) is 0 Å². The Morgan fingerprint density at radius 2 is 0.567 bits per heavy atom. The lowest BCUT2D eigenvalue weighted by Crippen LogP contribution is -2.56. The second kappa shape index (κ2) is 9.44. The van der Waals surface area contributed by atoms with Crippen LogP contribution in [0.3, 0.4) is 0 Å². The first-order valence-corrected chi connectivity index (χ1v) is 18.8. The molecular weight excluding hydrogens is 433 g/mol. The third kappa shape index (κ3) is 4.37. The predicted molar refractivity (Wildman–Crippen MR) is 143 cm³/mol. The summed E-state index contributed by atoms with van der Waals surface area (Å²) in [5, 5.41) is 5.91. The highest BCUT2D eigenvalue weighted by atomic mass is 33.3. The van der Waals surface area contributed by atoms with Crippen molar-refractivity contribution in [2.45, 2.75) is 13.1 Å². The van der Waals surface area contributed by atoms with Crippen molar-refractivity contribution in [2.24, 2.45) is 0 Å². The van der Waals surface area contributed by atoms with Gasteiger partial charge in [0.25, 0.3) is 0 Å². The fraction of sp³-hybridized carbons (Fsp3) is 0.0769. The van der Waals surface area contributed by atoms with Crippen molar-refractivity contribution in [2.75, 3.05) is 0 Å². The van der Waals surface area contributed by atoms with E-state index in [0.29, 0.717) is 0 Å². The second-order valence-electron chi connectivity index (χ2n) is 7.70. The van der Waals surface area contributed by atoms with E-state index in [-0.39, 0.29) is 0 Å². The summed E-state index contributed by atoms with van der Waals surface area (Å²) in [5.41, 5.74) is 0. The molecule has 0 fully saturated rings. The van der Waals surface area contributed by atoms with E-state index in [1.807, 2.05) is 0 Å². The molecule has 0 N–H and O–H groups in total. The van der Waals surface area contributed by atoms with Crippen molar-refractivity contribution in [3.63, 3.8) is 0 Å². The molecule has 0 aliphatic rings. The van der Waals surface area contributed by atoms with Gasteiger partial charge in [-0.3, -0.25) is 0 Å². The van der Waals surface area contributed by atoms with Crippen LogP contribution in [0.4, 0.5) is 0 Å². The summed E-state index contributed by atoms with van der Waals surface area (Å²) in [7, 11) is 0.362. The van der Waals surface area contributed by atoms with E-state index in [0.717, 1.165) is 0 Å². The molecule has 0 radical (unpaired) electrons. The van der Waals surface area contributed by atoms with Gasteiger partial charge in [0, 0.05) is 0 Å². The Bertz CT molecular complexity index is 887. The summed E-state index contributed by atoms with van der Waals surface area (Å²) in [6, 6.07) is 44.4. The van der Waals surface area contributed by atoms with Crippen molar-refractivity contribution >= 4 is 55.7 Å². The van der Waals surface area contributed by atoms with Crippen LogP contribution in [0.25, 0.3) is 0 Å². The first-order chi connectivity index (χ1) is 14.6. The van der Waals surface area contributed by atoms with Gasteiger partial charge in [0.05, 0.1) is 0 Å². The first kappa shape index (κ1) is 21.3. The Morgan fingerprint density at radius 3 is 0.767 bits per heavy atom. The predicted octanol–water partition coefficient (Wildman–Crippen LogP) is 5.15. The van der Waals surface area contributed by atoms with E-state index in [1.165, 1.54) is 20.7 Å². The smallest absolute Gasteiger partial charge is 0.115 e. The molecule has 0 unspecified atom stereocenters. The molecule has 0 saturated carbocycles. The lowest BCUT2D eigenvalue weighted by atomic mass is 10.4. The van der Waals surface area contributed by atoms with E-state index in [4.69, 9.17) is 0 Å². The van der Waals surface area contributed by atoms with Gasteiger partial charge in [-0.05, 0) is 20.7 Å². The van der Waals surface area contributed by atoms with Crippen molar-refractivity contribution in [1.29, 1.82) is 0 Å². The van der Waals surface area contributed by atoms with Crippen LogP contribution < -0.4 is 20.7 Å². The highest BCUT2D eigenvalue weighted by Crippen LogP contribution is 2.39. The molecule has 0 aromatic heterocycles. The minimum absolute atomic E-state index is 1.48. The molecule has 0 amide bonds. The number of hydrogen-bond donors (Lipinski definition) is 0. The average molecular weight is 459 g/mol. The highest BCUT2D eigenvalue weighted by molar-refractivity contribution is 8.97. The van der Waals surface area contributed by atoms with Gasteiger partial charge in [0.2, 0.25) is 0 Å². The molecular formula is C26H26S2Si2. The van der Waals surface area contributed by atoms with Gasteiger partial charge in [-0.15, -0.1) is 20.5 Å². The number of hydrogen-bond acceptors (Lipinski definition) is 2. The molecule has 4 heteroatoms. The minimum atomic E-state index is -1.96. The van der Waals surface area contributed by atoms with E-state index in [2.05, 4.69) is 155 Å². The average Bonchev–Trinajstić information content (AvgIpc) is 2.84. The topological polar surface area (TPSA) is 0 Å². The number of rotatable bonds is 7. The standard InChI is InChI=1S/C26H26S2Si2/c1-29(23-15-7-3-8-16-23,24-17-9-4-10-18-24)27-28-30(2,25-19-11-5-12-20-25)26-21-13-6-14-22-26/h3-22H,1-2H3. The molecule has 0 aliphatic carbocycles. The fourth-order valence-electron chi connectivity index (χ4n) is 3.72. The zero-order valence-electron chi connectivity index (χ0n) is 17.4. The van der Waals surface area contributed by atoms with E-state index >= 15 is 0 Å². The van der Waals surface area contributed by atoms with Gasteiger partial charge in [-0.2, -0.15) is 0 Å². The molecule has 0 heterocycles. The van der Waals surface area contributed by atoms with E-state index in [1.54, 1.807) is 0 Å². The molecule has 150 valence electrons. The molecule has 0 nitrogen and oxygen atoms in total. The van der Waals surface area contributed by atoms with Gasteiger partial charge in [-0.1, -0.05) is 134 Å². The minimum Gasteiger partial charge on any atom is -0.115 e. The van der Waals surface area contributed by atoms with Gasteiger partial charge in [-0.25, -0.2) is 0 Å². The summed E-state index contributed by atoms with van der Waals surface area (Å²) >= 11 is 0. The summed E-state index contributed by atoms with van der Waals surface area (Å²) < 4.78 is 0. The summed E-state index contributed by atoms with van der Waals surface area (Å²) in [6.07, 6.45) is 0. The SMILES string of the molecule is C[Si](SS[Si](C)(c1ccccc1)c1ccccc1)(c1ccccc1)c1ccccc1. The Balaban J connectivity index is 1.76. The van der Waals surface area contributed by atoms with Crippen LogP contribution in [0.15, 0.2) is 121 Å². The normalized spacial score (nSPS) is 11.9. The molecule has 4 aromatic rings. The van der Waals surface area contributed by atoms with Crippen LogP contribution >= 0.6 is 20.5 Å². The molecule has 0 spiro atoms. The molecule has 0 atom stereocenters. The monoisotopic (exact) mass is 458 g/mol. The lowest BCUT2D eigenvalue weighted by Gasteiger charge is -2.33. The van der Waals surface area contributed by atoms with Crippen LogP contribution in [0.1, 0.15) is 0 Å². The third-order valence-corrected chi connectivity index (χ3v) is 26.2. The van der Waals surface area contributed by atoms with Gasteiger partial charge >= 0.3 is 0 Å². The van der Waals surface area contributed by atoms with E-state index < -0.39 is 14.4 Å². The van der Waals surface area contributed by atoms with Crippen LogP contribution in [0.2, 0.25) is 13.1 Å². The summed E-state index contributed by atoms with van der Waals surface area (Å²) in [4.78, 5) is 0. The van der Waals surface area contributed by atoms with Crippen molar-refractivity contribution in [1.82, 2.24) is 0 Å². The van der Waals surface area contributed by atoms with E-state index in [9.17, 15) is 0 Å². The molecule has 0 aliphatic heterocycles. The second-order valence-corrected chi connectivity index (χ2v) is 23.4. The maximum Gasteiger partial charge on any atom is 0.188 e. The molecule has 30 heavy (non-hydrogen) atoms. The largest absolute Gasteiger partial charge is 0.188 e. The summed E-state index contributed by atoms with van der Waals surface area (Å²) in [6.45, 7) is 5.00. The highest BCUT2D eigenvalue weighted by Gasteiger charge is 2.40. The Hall–Kier alpha value is -1.99. The van der Waals surface area contributed by atoms with Gasteiger partial charge < -0.3 is 0 Å². The quantitative estimate of drug-likeness (QED) is 0.278. The van der Waals surface area contributed by atoms with Gasteiger partial charge in [0.1, 0.15) is 0 Å².